The fraction of sp³-hybridized carbons (Fsp3) is 0.762. The van der Waals surface area contributed by atoms with Crippen LogP contribution in [0.4, 0.5) is 0 Å². The van der Waals surface area contributed by atoms with Crippen LogP contribution in [-0.4, -0.2) is 40.7 Å². The normalized spacial score (nSPS) is 25.7. The molecule has 1 saturated heterocycles. The van der Waals surface area contributed by atoms with Crippen LogP contribution >= 0.6 is 0 Å². The number of aromatic nitrogens is 1. The smallest absolute Gasteiger partial charge is 0.270 e. The van der Waals surface area contributed by atoms with Crippen molar-refractivity contribution in [1.82, 2.24) is 9.47 Å². The molecule has 4 heteroatoms. The zero-order valence-electron chi connectivity index (χ0n) is 16.8. The quantitative estimate of drug-likeness (QED) is 0.705. The molecule has 0 N–H and O–H groups in total. The molecule has 1 fully saturated rings. The van der Waals surface area contributed by atoms with Crippen molar-refractivity contribution in [3.8, 4) is 0 Å². The molecule has 2 aliphatic heterocycles. The molecule has 25 heavy (non-hydrogen) atoms. The Hall–Kier alpha value is -1.29. The van der Waals surface area contributed by atoms with Crippen molar-refractivity contribution in [3.63, 3.8) is 0 Å². The van der Waals surface area contributed by atoms with Gasteiger partial charge in [-0.05, 0) is 50.7 Å². The standard InChI is InChI=1S/C21H34N2O2/c1-19(2,3)16-11-17-18(24)23(20(4,5)6)14-21(13-22(17)12-16)9-7-8-10-25-15-21/h11-12H,7-10,13-15H2,1-6H3. The van der Waals surface area contributed by atoms with Crippen LogP contribution < -0.4 is 0 Å². The topological polar surface area (TPSA) is 34.5 Å². The average Bonchev–Trinajstić information content (AvgIpc) is 2.70. The van der Waals surface area contributed by atoms with E-state index >= 15 is 0 Å². The Morgan fingerprint density at radius 3 is 2.44 bits per heavy atom. The Morgan fingerprint density at radius 2 is 1.80 bits per heavy atom. The summed E-state index contributed by atoms with van der Waals surface area (Å²) in [6.45, 7) is 16.3. The van der Waals surface area contributed by atoms with Crippen molar-refractivity contribution in [2.45, 2.75) is 78.3 Å². The van der Waals surface area contributed by atoms with Crippen LogP contribution in [0.2, 0.25) is 0 Å². The third-order valence-electron chi connectivity index (χ3n) is 5.69. The summed E-state index contributed by atoms with van der Waals surface area (Å²) in [5.41, 5.74) is 1.92. The highest BCUT2D eigenvalue weighted by Crippen LogP contribution is 2.38. The van der Waals surface area contributed by atoms with Crippen LogP contribution in [0.25, 0.3) is 0 Å². The maximum absolute atomic E-state index is 13.4. The predicted octanol–water partition coefficient (Wildman–Crippen LogP) is 4.23. The van der Waals surface area contributed by atoms with E-state index in [0.717, 1.165) is 44.8 Å². The molecular weight excluding hydrogens is 312 g/mol. The Balaban J connectivity index is 2.09. The van der Waals surface area contributed by atoms with Gasteiger partial charge in [0.05, 0.1) is 6.61 Å². The molecule has 0 aliphatic carbocycles. The summed E-state index contributed by atoms with van der Waals surface area (Å²) in [6, 6.07) is 2.11. The summed E-state index contributed by atoms with van der Waals surface area (Å²) >= 11 is 0. The number of fused-ring (bicyclic) bond motifs is 1. The second-order valence-corrected chi connectivity index (χ2v) is 10.1. The zero-order valence-corrected chi connectivity index (χ0v) is 16.8. The second-order valence-electron chi connectivity index (χ2n) is 10.1. The molecule has 0 radical (unpaired) electrons. The van der Waals surface area contributed by atoms with Gasteiger partial charge < -0.3 is 14.2 Å². The lowest BCUT2D eigenvalue weighted by Crippen LogP contribution is -2.51. The van der Waals surface area contributed by atoms with Crippen LogP contribution in [0, 0.1) is 5.41 Å². The van der Waals surface area contributed by atoms with E-state index in [2.05, 4.69) is 63.3 Å². The van der Waals surface area contributed by atoms with E-state index in [1.807, 2.05) is 0 Å². The van der Waals surface area contributed by atoms with E-state index in [1.54, 1.807) is 0 Å². The molecule has 3 rings (SSSR count). The van der Waals surface area contributed by atoms with Gasteiger partial charge in [-0.15, -0.1) is 0 Å². The molecule has 1 amide bonds. The highest BCUT2D eigenvalue weighted by atomic mass is 16.5. The first-order valence-corrected chi connectivity index (χ1v) is 9.62. The van der Waals surface area contributed by atoms with Crippen molar-refractivity contribution < 1.29 is 9.53 Å². The van der Waals surface area contributed by atoms with Crippen molar-refractivity contribution in [2.24, 2.45) is 5.41 Å². The number of rotatable bonds is 0. The van der Waals surface area contributed by atoms with Gasteiger partial charge in [-0.3, -0.25) is 4.79 Å². The lowest BCUT2D eigenvalue weighted by Gasteiger charge is -2.41. The molecule has 0 aromatic carbocycles. The van der Waals surface area contributed by atoms with Crippen molar-refractivity contribution in [3.05, 3.63) is 23.5 Å². The number of nitrogens with zero attached hydrogens (tertiary/aromatic N) is 2. The van der Waals surface area contributed by atoms with Gasteiger partial charge in [-0.25, -0.2) is 0 Å². The van der Waals surface area contributed by atoms with Crippen molar-refractivity contribution >= 4 is 5.91 Å². The molecule has 1 spiro atoms. The summed E-state index contributed by atoms with van der Waals surface area (Å²) in [5, 5.41) is 0. The van der Waals surface area contributed by atoms with E-state index in [9.17, 15) is 4.79 Å². The van der Waals surface area contributed by atoms with Gasteiger partial charge in [0.1, 0.15) is 5.69 Å². The molecule has 1 unspecified atom stereocenters. The highest BCUT2D eigenvalue weighted by molar-refractivity contribution is 5.94. The number of hydrogen-bond acceptors (Lipinski definition) is 2. The molecule has 1 atom stereocenters. The van der Waals surface area contributed by atoms with Gasteiger partial charge in [0.2, 0.25) is 0 Å². The van der Waals surface area contributed by atoms with Crippen molar-refractivity contribution in [2.75, 3.05) is 19.8 Å². The summed E-state index contributed by atoms with van der Waals surface area (Å²) in [7, 11) is 0. The van der Waals surface area contributed by atoms with Gasteiger partial charge >= 0.3 is 0 Å². The lowest BCUT2D eigenvalue weighted by atomic mass is 9.82. The molecule has 4 nitrogen and oxygen atoms in total. The predicted molar refractivity (Wildman–Crippen MR) is 101 cm³/mol. The summed E-state index contributed by atoms with van der Waals surface area (Å²) in [5.74, 6) is 0.157. The third-order valence-corrected chi connectivity index (χ3v) is 5.69. The minimum Gasteiger partial charge on any atom is -0.381 e. The zero-order chi connectivity index (χ0) is 18.5. The Labute approximate surface area is 152 Å². The first-order chi connectivity index (χ1) is 11.5. The molecule has 140 valence electrons. The third kappa shape index (κ3) is 3.64. The van der Waals surface area contributed by atoms with Gasteiger partial charge in [-0.2, -0.15) is 0 Å². The van der Waals surface area contributed by atoms with Crippen LogP contribution in [0.5, 0.6) is 0 Å². The van der Waals surface area contributed by atoms with Crippen molar-refractivity contribution in [1.29, 1.82) is 0 Å². The van der Waals surface area contributed by atoms with Gasteiger partial charge in [0, 0.05) is 36.8 Å². The second kappa shape index (κ2) is 6.15. The van der Waals surface area contributed by atoms with Gasteiger partial charge in [0.15, 0.2) is 0 Å². The highest BCUT2D eigenvalue weighted by Gasteiger charge is 2.43. The molecule has 1 aromatic rings. The summed E-state index contributed by atoms with van der Waals surface area (Å²) < 4.78 is 8.19. The van der Waals surface area contributed by atoms with Gasteiger partial charge in [-0.1, -0.05) is 27.2 Å². The molecule has 3 heterocycles. The Morgan fingerprint density at radius 1 is 1.08 bits per heavy atom. The largest absolute Gasteiger partial charge is 0.381 e. The molecular formula is C21H34N2O2. The number of carbonyl (C=O) groups is 1. The maximum Gasteiger partial charge on any atom is 0.270 e. The van der Waals surface area contributed by atoms with Crippen LogP contribution in [0.15, 0.2) is 12.3 Å². The summed E-state index contributed by atoms with van der Waals surface area (Å²) in [6.07, 6.45) is 5.62. The fourth-order valence-corrected chi connectivity index (χ4v) is 4.04. The first-order valence-electron chi connectivity index (χ1n) is 9.62. The van der Waals surface area contributed by atoms with Gasteiger partial charge in [0.25, 0.3) is 5.91 Å². The minimum absolute atomic E-state index is 0.0128. The fourth-order valence-electron chi connectivity index (χ4n) is 4.04. The molecule has 2 aliphatic rings. The number of hydrogen-bond donors (Lipinski definition) is 0. The Bertz CT molecular complexity index is 638. The van der Waals surface area contributed by atoms with Crippen LogP contribution in [0.3, 0.4) is 0 Å². The van der Waals surface area contributed by atoms with E-state index < -0.39 is 0 Å². The SMILES string of the molecule is CC(C)(C)c1cc2n(c1)CC1(CCCCOC1)CN(C(C)(C)C)C2=O. The van der Waals surface area contributed by atoms with Crippen LogP contribution in [-0.2, 0) is 16.7 Å². The van der Waals surface area contributed by atoms with E-state index in [-0.39, 0.29) is 22.3 Å². The molecule has 0 saturated carbocycles. The van der Waals surface area contributed by atoms with E-state index in [1.165, 1.54) is 12.0 Å². The number of carbonyl (C=O) groups excluding carboxylic acids is 1. The lowest BCUT2D eigenvalue weighted by molar-refractivity contribution is 0.00787. The first kappa shape index (κ1) is 18.5. The monoisotopic (exact) mass is 346 g/mol. The molecule has 0 bridgehead atoms. The van der Waals surface area contributed by atoms with Crippen LogP contribution in [0.1, 0.15) is 76.9 Å². The number of ether oxygens (including phenoxy) is 1. The van der Waals surface area contributed by atoms with E-state index in [4.69, 9.17) is 4.74 Å². The Kier molecular flexibility index (Phi) is 4.55. The molecule has 1 aromatic heterocycles. The maximum atomic E-state index is 13.4. The van der Waals surface area contributed by atoms with E-state index in [0.29, 0.717) is 0 Å². The average molecular weight is 347 g/mol. The minimum atomic E-state index is -0.197. The number of amides is 1. The summed E-state index contributed by atoms with van der Waals surface area (Å²) in [4.78, 5) is 15.5.